The second-order valence-electron chi connectivity index (χ2n) is 6.97. The van der Waals surface area contributed by atoms with Crippen molar-refractivity contribution in [3.8, 4) is 5.75 Å². The van der Waals surface area contributed by atoms with Crippen LogP contribution in [0.5, 0.6) is 5.75 Å². The number of benzene rings is 3. The molecule has 4 heteroatoms. The Morgan fingerprint density at radius 2 is 1.71 bits per heavy atom. The first-order chi connectivity index (χ1) is 13.6. The lowest BCUT2D eigenvalue weighted by Crippen LogP contribution is -2.26. The van der Waals surface area contributed by atoms with E-state index >= 15 is 0 Å². The van der Waals surface area contributed by atoms with E-state index in [4.69, 9.17) is 4.74 Å². The summed E-state index contributed by atoms with van der Waals surface area (Å²) in [6.45, 7) is 3.35. The fourth-order valence-electron chi connectivity index (χ4n) is 2.98. The van der Waals surface area contributed by atoms with Crippen LogP contribution >= 0.6 is 15.9 Å². The van der Waals surface area contributed by atoms with Crippen molar-refractivity contribution < 1.29 is 9.13 Å². The molecule has 0 aliphatic heterocycles. The van der Waals surface area contributed by atoms with Crippen LogP contribution in [0, 0.1) is 5.82 Å². The topological polar surface area (TPSA) is 21.3 Å². The van der Waals surface area contributed by atoms with Crippen molar-refractivity contribution in [1.29, 1.82) is 0 Å². The number of nitrogens with one attached hydrogen (secondary N) is 1. The van der Waals surface area contributed by atoms with Crippen LogP contribution in [0.4, 0.5) is 4.39 Å². The summed E-state index contributed by atoms with van der Waals surface area (Å²) in [5, 5.41) is 3.59. The number of hydrogen-bond donors (Lipinski definition) is 1. The highest BCUT2D eigenvalue weighted by atomic mass is 79.9. The lowest BCUT2D eigenvalue weighted by Gasteiger charge is -2.17. The molecule has 2 nitrogen and oxygen atoms in total. The van der Waals surface area contributed by atoms with Gasteiger partial charge in [0.15, 0.2) is 0 Å². The number of rotatable bonds is 9. The fourth-order valence-corrected chi connectivity index (χ4v) is 3.39. The molecule has 0 aromatic heterocycles. The van der Waals surface area contributed by atoms with Crippen LogP contribution in [0.2, 0.25) is 0 Å². The van der Waals surface area contributed by atoms with Crippen molar-refractivity contribution in [2.24, 2.45) is 0 Å². The van der Waals surface area contributed by atoms with Crippen LogP contribution in [-0.2, 0) is 19.6 Å². The number of ether oxygens (including phenoxy) is 1. The molecule has 1 atom stereocenters. The molecule has 0 aliphatic carbocycles. The van der Waals surface area contributed by atoms with Gasteiger partial charge < -0.3 is 10.1 Å². The Balaban J connectivity index is 1.55. The van der Waals surface area contributed by atoms with Crippen LogP contribution in [-0.4, -0.2) is 6.04 Å². The van der Waals surface area contributed by atoms with Gasteiger partial charge in [0.1, 0.15) is 18.2 Å². The van der Waals surface area contributed by atoms with Gasteiger partial charge in [0.05, 0.1) is 0 Å². The van der Waals surface area contributed by atoms with E-state index in [1.807, 2.05) is 18.2 Å². The molecule has 1 N–H and O–H groups in total. The normalized spacial score (nSPS) is 12.0. The zero-order valence-electron chi connectivity index (χ0n) is 16.0. The third-order valence-electron chi connectivity index (χ3n) is 4.68. The van der Waals surface area contributed by atoms with Gasteiger partial charge in [-0.25, -0.2) is 4.39 Å². The highest BCUT2D eigenvalue weighted by Gasteiger charge is 2.08. The third-order valence-corrected chi connectivity index (χ3v) is 5.17. The quantitative estimate of drug-likeness (QED) is 0.421. The van der Waals surface area contributed by atoms with E-state index in [0.29, 0.717) is 12.6 Å². The van der Waals surface area contributed by atoms with Gasteiger partial charge in [-0.1, -0.05) is 58.4 Å². The van der Waals surface area contributed by atoms with E-state index in [0.717, 1.165) is 40.7 Å². The maximum Gasteiger partial charge on any atom is 0.124 e. The molecular weight excluding hydrogens is 417 g/mol. The van der Waals surface area contributed by atoms with Crippen molar-refractivity contribution in [3.05, 3.63) is 99.8 Å². The first-order valence-corrected chi connectivity index (χ1v) is 10.3. The van der Waals surface area contributed by atoms with Crippen LogP contribution in [0.1, 0.15) is 30.0 Å². The van der Waals surface area contributed by atoms with Gasteiger partial charge in [-0.2, -0.15) is 0 Å². The summed E-state index contributed by atoms with van der Waals surface area (Å²) in [5.74, 6) is 0.608. The Hall–Kier alpha value is -2.17. The van der Waals surface area contributed by atoms with Crippen molar-refractivity contribution in [2.45, 2.75) is 39.0 Å². The highest BCUT2D eigenvalue weighted by Crippen LogP contribution is 2.24. The van der Waals surface area contributed by atoms with Crippen molar-refractivity contribution in [1.82, 2.24) is 5.32 Å². The molecule has 0 heterocycles. The Kier molecular flexibility index (Phi) is 7.63. The van der Waals surface area contributed by atoms with Crippen LogP contribution < -0.4 is 10.1 Å². The largest absolute Gasteiger partial charge is 0.489 e. The molecule has 146 valence electrons. The molecule has 0 saturated carbocycles. The predicted molar refractivity (Wildman–Crippen MR) is 116 cm³/mol. The van der Waals surface area contributed by atoms with Gasteiger partial charge in [-0.15, -0.1) is 0 Å². The molecular formula is C24H25BrFNO. The summed E-state index contributed by atoms with van der Waals surface area (Å²) in [5.41, 5.74) is 3.41. The maximum absolute atomic E-state index is 13.1. The van der Waals surface area contributed by atoms with Crippen LogP contribution in [0.3, 0.4) is 0 Å². The fraction of sp³-hybridized carbons (Fsp3) is 0.250. The van der Waals surface area contributed by atoms with Gasteiger partial charge in [0.2, 0.25) is 0 Å². The van der Waals surface area contributed by atoms with E-state index in [1.54, 1.807) is 12.1 Å². The van der Waals surface area contributed by atoms with Crippen molar-refractivity contribution in [2.75, 3.05) is 0 Å². The highest BCUT2D eigenvalue weighted by molar-refractivity contribution is 9.10. The molecule has 3 rings (SSSR count). The summed E-state index contributed by atoms with van der Waals surface area (Å²) >= 11 is 3.54. The van der Waals surface area contributed by atoms with E-state index in [1.165, 1.54) is 17.7 Å². The van der Waals surface area contributed by atoms with E-state index in [9.17, 15) is 4.39 Å². The van der Waals surface area contributed by atoms with Gasteiger partial charge >= 0.3 is 0 Å². The lowest BCUT2D eigenvalue weighted by atomic mass is 10.1. The van der Waals surface area contributed by atoms with Crippen LogP contribution in [0.25, 0.3) is 0 Å². The second kappa shape index (κ2) is 10.4. The molecule has 0 saturated heterocycles. The molecule has 0 radical (unpaired) electrons. The zero-order chi connectivity index (χ0) is 19.8. The second-order valence-corrected chi connectivity index (χ2v) is 7.89. The average molecular weight is 442 g/mol. The lowest BCUT2D eigenvalue weighted by molar-refractivity contribution is 0.301. The van der Waals surface area contributed by atoms with E-state index < -0.39 is 0 Å². The molecule has 3 aromatic carbocycles. The summed E-state index contributed by atoms with van der Waals surface area (Å²) in [7, 11) is 0. The summed E-state index contributed by atoms with van der Waals surface area (Å²) in [4.78, 5) is 0. The van der Waals surface area contributed by atoms with Gasteiger partial charge in [0, 0.05) is 22.6 Å². The molecule has 28 heavy (non-hydrogen) atoms. The molecule has 0 amide bonds. The minimum absolute atomic E-state index is 0.234. The molecule has 0 unspecified atom stereocenters. The third kappa shape index (κ3) is 6.47. The minimum atomic E-state index is -0.234. The number of hydrogen-bond acceptors (Lipinski definition) is 2. The molecule has 0 spiro atoms. The summed E-state index contributed by atoms with van der Waals surface area (Å²) in [6, 6.07) is 23.4. The van der Waals surface area contributed by atoms with Gasteiger partial charge in [0.25, 0.3) is 0 Å². The van der Waals surface area contributed by atoms with E-state index in [-0.39, 0.29) is 5.82 Å². The minimum Gasteiger partial charge on any atom is -0.489 e. The maximum atomic E-state index is 13.1. The number of halogens is 2. The molecule has 3 aromatic rings. The smallest absolute Gasteiger partial charge is 0.124 e. The average Bonchev–Trinajstić information content (AvgIpc) is 2.72. The predicted octanol–water partition coefficient (Wildman–Crippen LogP) is 6.28. The monoisotopic (exact) mass is 441 g/mol. The Bertz CT molecular complexity index is 868. The Morgan fingerprint density at radius 3 is 2.46 bits per heavy atom. The molecule has 0 fully saturated rings. The van der Waals surface area contributed by atoms with Gasteiger partial charge in [-0.05, 0) is 61.2 Å². The van der Waals surface area contributed by atoms with Crippen molar-refractivity contribution >= 4 is 15.9 Å². The summed E-state index contributed by atoms with van der Waals surface area (Å²) < 4.78 is 20.1. The van der Waals surface area contributed by atoms with Crippen molar-refractivity contribution in [3.63, 3.8) is 0 Å². The number of aryl methyl sites for hydroxylation is 1. The van der Waals surface area contributed by atoms with E-state index in [2.05, 4.69) is 58.5 Å². The molecule has 0 bridgehead atoms. The Morgan fingerprint density at radius 1 is 0.964 bits per heavy atom. The zero-order valence-corrected chi connectivity index (χ0v) is 17.6. The molecule has 0 aliphatic rings. The standard InChI is InChI=1S/C24H25BrFNO/c1-18(7-8-19-5-3-2-4-6-19)27-16-21-15-22(25)11-14-24(21)28-17-20-9-12-23(26)13-10-20/h2-6,9-15,18,27H,7-8,16-17H2,1H3/t18-/m0/s1. The first kappa shape index (κ1) is 20.6. The van der Waals surface area contributed by atoms with Gasteiger partial charge in [-0.3, -0.25) is 0 Å². The first-order valence-electron chi connectivity index (χ1n) is 9.53. The summed E-state index contributed by atoms with van der Waals surface area (Å²) in [6.07, 6.45) is 2.13. The van der Waals surface area contributed by atoms with Crippen LogP contribution in [0.15, 0.2) is 77.3 Å². The SMILES string of the molecule is C[C@@H](CCc1ccccc1)NCc1cc(Br)ccc1OCc1ccc(F)cc1. The Labute approximate surface area is 174 Å².